The minimum atomic E-state index is -0.606. The van der Waals surface area contributed by atoms with Crippen molar-refractivity contribution >= 4 is 57.2 Å². The summed E-state index contributed by atoms with van der Waals surface area (Å²) < 4.78 is 5.88. The zero-order valence-corrected chi connectivity index (χ0v) is 15.8. The van der Waals surface area contributed by atoms with Crippen LogP contribution in [0.3, 0.4) is 0 Å². The van der Waals surface area contributed by atoms with E-state index in [0.29, 0.717) is 11.3 Å². The second-order valence-electron chi connectivity index (χ2n) is 4.72. The smallest absolute Gasteiger partial charge is 0.271 e. The number of non-ortho nitro benzene ring substituents is 1. The predicted octanol–water partition coefficient (Wildman–Crippen LogP) is 3.04. The molecule has 0 spiro atoms. The van der Waals surface area contributed by atoms with E-state index in [1.165, 1.54) is 7.11 Å². The second-order valence-corrected chi connectivity index (χ2v) is 6.29. The number of ether oxygens (including phenoxy) is 1. The number of benzene rings is 2. The van der Waals surface area contributed by atoms with E-state index in [0.717, 1.165) is 21.8 Å². The summed E-state index contributed by atoms with van der Waals surface area (Å²) >= 11 is 7.05. The molecule has 0 heterocycles. The van der Waals surface area contributed by atoms with Gasteiger partial charge in [0.25, 0.3) is 11.6 Å². The monoisotopic (exact) mass is 473 g/mol. The molecule has 0 radical (unpaired) electrons. The van der Waals surface area contributed by atoms with Gasteiger partial charge in [0.2, 0.25) is 0 Å². The van der Waals surface area contributed by atoms with Crippen LogP contribution in [-0.2, 0) is 0 Å². The van der Waals surface area contributed by atoms with E-state index in [1.807, 2.05) is 22.6 Å². The number of thiocarbonyl (C=S) groups is 1. The number of nitro groups is 1. The molecular formula is C15H12IN3O5S. The van der Waals surface area contributed by atoms with E-state index in [9.17, 15) is 20.0 Å². The molecule has 10 heteroatoms. The number of nitro benzene ring substituents is 1. The molecule has 0 saturated heterocycles. The van der Waals surface area contributed by atoms with Crippen molar-refractivity contribution < 1.29 is 19.6 Å². The molecule has 0 unspecified atom stereocenters. The van der Waals surface area contributed by atoms with Crippen LogP contribution < -0.4 is 15.4 Å². The Morgan fingerprint density at radius 3 is 2.64 bits per heavy atom. The number of hydrogen-bond acceptors (Lipinski definition) is 6. The minimum absolute atomic E-state index is 0.0174. The zero-order chi connectivity index (χ0) is 18.6. The molecule has 0 aliphatic carbocycles. The van der Waals surface area contributed by atoms with Gasteiger partial charge in [0.05, 0.1) is 21.3 Å². The highest BCUT2D eigenvalue weighted by molar-refractivity contribution is 14.1. The number of nitrogens with one attached hydrogen (secondary N) is 2. The summed E-state index contributed by atoms with van der Waals surface area (Å²) in [4.78, 5) is 22.4. The van der Waals surface area contributed by atoms with Crippen LogP contribution in [0.25, 0.3) is 0 Å². The molecule has 25 heavy (non-hydrogen) atoms. The Morgan fingerprint density at radius 1 is 1.32 bits per heavy atom. The average Bonchev–Trinajstić information content (AvgIpc) is 2.56. The normalized spacial score (nSPS) is 10.0. The highest BCUT2D eigenvalue weighted by Crippen LogP contribution is 2.27. The van der Waals surface area contributed by atoms with Gasteiger partial charge in [-0.1, -0.05) is 0 Å². The SMILES string of the molecule is COc1ccc(C(=O)NC(=S)Nc2cc([N+](=O)[O-])ccc2O)cc1I. The lowest BCUT2D eigenvalue weighted by atomic mass is 10.2. The van der Waals surface area contributed by atoms with Crippen LogP contribution in [0.15, 0.2) is 36.4 Å². The Balaban J connectivity index is 2.10. The molecule has 1 amide bonds. The molecular weight excluding hydrogens is 461 g/mol. The van der Waals surface area contributed by atoms with Crippen LogP contribution in [0.1, 0.15) is 10.4 Å². The molecule has 0 aliphatic rings. The number of phenols is 1. The van der Waals surface area contributed by atoms with Gasteiger partial charge in [-0.3, -0.25) is 20.2 Å². The number of phenolic OH excluding ortho intramolecular Hbond substituents is 1. The van der Waals surface area contributed by atoms with E-state index in [1.54, 1.807) is 18.2 Å². The number of amides is 1. The first-order chi connectivity index (χ1) is 11.8. The number of aromatic hydroxyl groups is 1. The Hall–Kier alpha value is -2.47. The summed E-state index contributed by atoms with van der Waals surface area (Å²) in [6.45, 7) is 0. The molecule has 2 aromatic carbocycles. The van der Waals surface area contributed by atoms with Crippen LogP contribution >= 0.6 is 34.8 Å². The van der Waals surface area contributed by atoms with Crippen molar-refractivity contribution in [3.8, 4) is 11.5 Å². The van der Waals surface area contributed by atoms with Gasteiger partial charge < -0.3 is 15.2 Å². The summed E-state index contributed by atoms with van der Waals surface area (Å²) in [5.74, 6) is -0.0662. The first kappa shape index (κ1) is 18.9. The van der Waals surface area contributed by atoms with Gasteiger partial charge in [0.15, 0.2) is 5.11 Å². The van der Waals surface area contributed by atoms with Crippen LogP contribution in [0.2, 0.25) is 0 Å². The van der Waals surface area contributed by atoms with Crippen LogP contribution in [0.4, 0.5) is 11.4 Å². The molecule has 0 fully saturated rings. The largest absolute Gasteiger partial charge is 0.506 e. The van der Waals surface area contributed by atoms with E-state index in [-0.39, 0.29) is 22.2 Å². The number of halogens is 1. The molecule has 0 aromatic heterocycles. The van der Waals surface area contributed by atoms with Gasteiger partial charge in [0.1, 0.15) is 11.5 Å². The lowest BCUT2D eigenvalue weighted by Crippen LogP contribution is -2.34. The first-order valence-corrected chi connectivity index (χ1v) is 8.24. The molecule has 3 N–H and O–H groups in total. The Labute approximate surface area is 161 Å². The lowest BCUT2D eigenvalue weighted by Gasteiger charge is -2.11. The average molecular weight is 473 g/mol. The Kier molecular flexibility index (Phi) is 6.09. The molecule has 130 valence electrons. The van der Waals surface area contributed by atoms with Crippen molar-refractivity contribution in [2.75, 3.05) is 12.4 Å². The van der Waals surface area contributed by atoms with Crippen molar-refractivity contribution in [1.82, 2.24) is 5.32 Å². The molecule has 2 aromatic rings. The second kappa shape index (κ2) is 8.07. The molecule has 0 aliphatic heterocycles. The van der Waals surface area contributed by atoms with E-state index < -0.39 is 10.8 Å². The quantitative estimate of drug-likeness (QED) is 0.206. The maximum Gasteiger partial charge on any atom is 0.271 e. The molecule has 8 nitrogen and oxygen atoms in total. The van der Waals surface area contributed by atoms with Gasteiger partial charge in [-0.15, -0.1) is 0 Å². The van der Waals surface area contributed by atoms with Gasteiger partial charge in [0, 0.05) is 17.7 Å². The number of anilines is 1. The van der Waals surface area contributed by atoms with Gasteiger partial charge in [-0.05, 0) is 59.1 Å². The fourth-order valence-corrected chi connectivity index (χ4v) is 2.81. The Morgan fingerprint density at radius 2 is 2.04 bits per heavy atom. The predicted molar refractivity (Wildman–Crippen MR) is 104 cm³/mol. The Bertz CT molecular complexity index is 859. The number of carbonyl (C=O) groups is 1. The van der Waals surface area contributed by atoms with Crippen LogP contribution in [0.5, 0.6) is 11.5 Å². The maximum absolute atomic E-state index is 12.2. The van der Waals surface area contributed by atoms with Crippen molar-refractivity contribution in [1.29, 1.82) is 0 Å². The molecule has 0 saturated carbocycles. The number of nitrogens with zero attached hydrogens (tertiary/aromatic N) is 1. The van der Waals surface area contributed by atoms with Gasteiger partial charge in [-0.2, -0.15) is 0 Å². The third-order valence-corrected chi connectivity index (χ3v) is 4.13. The highest BCUT2D eigenvalue weighted by Gasteiger charge is 2.14. The molecule has 2 rings (SSSR count). The first-order valence-electron chi connectivity index (χ1n) is 6.75. The van der Waals surface area contributed by atoms with E-state index in [4.69, 9.17) is 17.0 Å². The van der Waals surface area contributed by atoms with Crippen molar-refractivity contribution in [3.63, 3.8) is 0 Å². The van der Waals surface area contributed by atoms with Crippen molar-refractivity contribution in [3.05, 3.63) is 55.6 Å². The third-order valence-electron chi connectivity index (χ3n) is 3.08. The highest BCUT2D eigenvalue weighted by atomic mass is 127. The van der Waals surface area contributed by atoms with Gasteiger partial charge in [-0.25, -0.2) is 0 Å². The summed E-state index contributed by atoms with van der Waals surface area (Å²) in [5, 5.41) is 25.4. The van der Waals surface area contributed by atoms with E-state index >= 15 is 0 Å². The molecule has 0 bridgehead atoms. The topological polar surface area (TPSA) is 114 Å². The van der Waals surface area contributed by atoms with Crippen molar-refractivity contribution in [2.24, 2.45) is 0 Å². The number of rotatable bonds is 4. The summed E-state index contributed by atoms with van der Waals surface area (Å²) in [6, 6.07) is 8.29. The van der Waals surface area contributed by atoms with Crippen molar-refractivity contribution in [2.45, 2.75) is 0 Å². The maximum atomic E-state index is 12.2. The summed E-state index contributed by atoms with van der Waals surface area (Å²) in [7, 11) is 1.53. The lowest BCUT2D eigenvalue weighted by molar-refractivity contribution is -0.384. The molecule has 0 atom stereocenters. The zero-order valence-electron chi connectivity index (χ0n) is 12.8. The van der Waals surface area contributed by atoms with Crippen LogP contribution in [0, 0.1) is 13.7 Å². The van der Waals surface area contributed by atoms with E-state index in [2.05, 4.69) is 10.6 Å². The fraction of sp³-hybridized carbons (Fsp3) is 0.0667. The standard InChI is InChI=1S/C15H12IN3O5S/c1-24-13-5-2-8(6-10(13)16)14(21)18-15(25)17-11-7-9(19(22)23)3-4-12(11)20/h2-7,20H,1H3,(H2,17,18,21,25). The fourth-order valence-electron chi connectivity index (χ4n) is 1.87. The third kappa shape index (κ3) is 4.76. The number of methoxy groups -OCH3 is 1. The van der Waals surface area contributed by atoms with Crippen LogP contribution in [-0.4, -0.2) is 28.2 Å². The summed E-state index contributed by atoms with van der Waals surface area (Å²) in [6.07, 6.45) is 0. The minimum Gasteiger partial charge on any atom is -0.506 e. The van der Waals surface area contributed by atoms with Gasteiger partial charge >= 0.3 is 0 Å². The number of hydrogen-bond donors (Lipinski definition) is 3. The number of carbonyl (C=O) groups excluding carboxylic acids is 1. The summed E-state index contributed by atoms with van der Waals surface area (Å²) in [5.41, 5.74) is 0.153.